The molecule has 9 heteroatoms. The third kappa shape index (κ3) is 4.49. The summed E-state index contributed by atoms with van der Waals surface area (Å²) in [4.78, 5) is 35.4. The van der Waals surface area contributed by atoms with E-state index in [1.807, 2.05) is 5.32 Å². The molecule has 0 radical (unpaired) electrons. The summed E-state index contributed by atoms with van der Waals surface area (Å²) < 4.78 is 50.6. The first-order valence-corrected chi connectivity index (χ1v) is 7.35. The number of alkyl halides is 3. The monoisotopic (exact) mass is 361 g/mol. The van der Waals surface area contributed by atoms with Gasteiger partial charge in [0.15, 0.2) is 0 Å². The molecule has 138 valence electrons. The van der Waals surface area contributed by atoms with Crippen LogP contribution in [0.25, 0.3) is 0 Å². The minimum atomic E-state index is -5.27. The van der Waals surface area contributed by atoms with Crippen molar-refractivity contribution in [2.75, 3.05) is 6.61 Å². The number of hydrogen-bond donors (Lipinski definition) is 1. The lowest BCUT2D eigenvalue weighted by Crippen LogP contribution is -2.59. The van der Waals surface area contributed by atoms with Crippen molar-refractivity contribution in [2.24, 2.45) is 0 Å². The minimum absolute atomic E-state index is 0.00785. The molecule has 1 aromatic rings. The van der Waals surface area contributed by atoms with Gasteiger partial charge in [-0.2, -0.15) is 13.2 Å². The molecule has 25 heavy (non-hydrogen) atoms. The van der Waals surface area contributed by atoms with E-state index in [1.165, 1.54) is 25.1 Å². The summed E-state index contributed by atoms with van der Waals surface area (Å²) >= 11 is 0. The molecule has 0 bridgehead atoms. The van der Waals surface area contributed by atoms with Crippen LogP contribution in [0.5, 0.6) is 0 Å². The zero-order valence-corrected chi connectivity index (χ0v) is 13.8. The Kier molecular flexibility index (Phi) is 6.55. The van der Waals surface area contributed by atoms with Gasteiger partial charge in [0.1, 0.15) is 6.04 Å². The van der Waals surface area contributed by atoms with E-state index in [-0.39, 0.29) is 6.61 Å². The summed E-state index contributed by atoms with van der Waals surface area (Å²) in [6.45, 7) is 3.42. The Balaban J connectivity index is 3.37. The number of nitrogens with one attached hydrogen (secondary N) is 1. The average molecular weight is 361 g/mol. The van der Waals surface area contributed by atoms with E-state index in [9.17, 15) is 27.6 Å². The van der Waals surface area contributed by atoms with Crippen molar-refractivity contribution in [3.05, 3.63) is 35.9 Å². The second-order valence-corrected chi connectivity index (χ2v) is 5.09. The fraction of sp³-hybridized carbons (Fsp3) is 0.438. The number of carbonyl (C=O) groups is 3. The van der Waals surface area contributed by atoms with Crippen molar-refractivity contribution in [3.63, 3.8) is 0 Å². The van der Waals surface area contributed by atoms with Crippen LogP contribution < -0.4 is 5.32 Å². The summed E-state index contributed by atoms with van der Waals surface area (Å²) in [5, 5.41) is 1.91. The maximum atomic E-state index is 13.8. The quantitative estimate of drug-likeness (QED) is 0.785. The highest BCUT2D eigenvalue weighted by atomic mass is 19.4. The van der Waals surface area contributed by atoms with Gasteiger partial charge in [0.25, 0.3) is 5.91 Å². The van der Waals surface area contributed by atoms with Crippen LogP contribution in [-0.2, 0) is 29.5 Å². The van der Waals surface area contributed by atoms with Crippen LogP contribution in [0.15, 0.2) is 30.3 Å². The van der Waals surface area contributed by atoms with Gasteiger partial charge in [-0.3, -0.25) is 9.59 Å². The summed E-state index contributed by atoms with van der Waals surface area (Å²) in [5.41, 5.74) is -4.17. The first-order valence-electron chi connectivity index (χ1n) is 7.35. The van der Waals surface area contributed by atoms with Crippen LogP contribution in [0.2, 0.25) is 0 Å². The number of amides is 1. The highest BCUT2D eigenvalue weighted by molar-refractivity contribution is 5.92. The van der Waals surface area contributed by atoms with E-state index in [0.29, 0.717) is 0 Å². The molecule has 0 fully saturated rings. The van der Waals surface area contributed by atoms with Gasteiger partial charge in [0, 0.05) is 12.5 Å². The smallest absolute Gasteiger partial charge is 0.442 e. The molecular weight excluding hydrogens is 343 g/mol. The van der Waals surface area contributed by atoms with Gasteiger partial charge < -0.3 is 14.8 Å². The van der Waals surface area contributed by atoms with Gasteiger partial charge in [-0.1, -0.05) is 30.3 Å². The lowest BCUT2D eigenvalue weighted by atomic mass is 9.91. The molecule has 0 aliphatic carbocycles. The third-order valence-electron chi connectivity index (χ3n) is 3.18. The summed E-state index contributed by atoms with van der Waals surface area (Å²) in [5.74, 6) is -3.91. The molecule has 2 atom stereocenters. The van der Waals surface area contributed by atoms with Crippen molar-refractivity contribution in [1.29, 1.82) is 0 Å². The fourth-order valence-electron chi connectivity index (χ4n) is 2.10. The molecule has 1 aromatic carbocycles. The number of hydrogen-bond acceptors (Lipinski definition) is 5. The Morgan fingerprint density at radius 3 is 2.16 bits per heavy atom. The molecule has 0 saturated heterocycles. The number of ether oxygens (including phenoxy) is 2. The summed E-state index contributed by atoms with van der Waals surface area (Å²) in [6.07, 6.45) is -5.27. The Morgan fingerprint density at radius 2 is 1.72 bits per heavy atom. The molecule has 0 heterocycles. The molecule has 0 aromatic heterocycles. The Bertz CT molecular complexity index is 632. The molecular formula is C16H18F3NO5. The largest absolute Gasteiger partial charge is 0.464 e. The molecule has 0 aliphatic rings. The number of halogens is 3. The Morgan fingerprint density at radius 1 is 1.16 bits per heavy atom. The summed E-state index contributed by atoms with van der Waals surface area (Å²) in [6, 6.07) is 4.62. The van der Waals surface area contributed by atoms with E-state index in [1.54, 1.807) is 0 Å². The van der Waals surface area contributed by atoms with Crippen molar-refractivity contribution in [1.82, 2.24) is 5.32 Å². The average Bonchev–Trinajstić information content (AvgIpc) is 2.52. The van der Waals surface area contributed by atoms with Crippen LogP contribution in [-0.4, -0.2) is 36.7 Å². The van der Waals surface area contributed by atoms with Crippen LogP contribution in [0.4, 0.5) is 13.2 Å². The third-order valence-corrected chi connectivity index (χ3v) is 3.18. The first-order chi connectivity index (χ1) is 11.6. The van der Waals surface area contributed by atoms with Crippen LogP contribution in [0.1, 0.15) is 26.3 Å². The second kappa shape index (κ2) is 8.00. The van der Waals surface area contributed by atoms with Crippen LogP contribution in [0.3, 0.4) is 0 Å². The van der Waals surface area contributed by atoms with Crippen molar-refractivity contribution in [3.8, 4) is 0 Å². The van der Waals surface area contributed by atoms with E-state index in [2.05, 4.69) is 9.47 Å². The second-order valence-electron chi connectivity index (χ2n) is 5.09. The zero-order chi connectivity index (χ0) is 19.3. The zero-order valence-electron chi connectivity index (χ0n) is 13.8. The molecule has 1 N–H and O–H groups in total. The minimum Gasteiger partial charge on any atom is -0.464 e. The molecule has 0 aliphatic heterocycles. The van der Waals surface area contributed by atoms with Gasteiger partial charge >= 0.3 is 23.7 Å². The molecule has 0 spiro atoms. The molecule has 6 nitrogen and oxygen atoms in total. The topological polar surface area (TPSA) is 81.7 Å². The normalized spacial score (nSPS) is 14.8. The molecule has 1 amide bonds. The van der Waals surface area contributed by atoms with E-state index in [0.717, 1.165) is 26.0 Å². The number of benzene rings is 1. The number of esters is 2. The van der Waals surface area contributed by atoms with Crippen molar-refractivity contribution >= 4 is 17.8 Å². The van der Waals surface area contributed by atoms with E-state index < -0.39 is 41.2 Å². The molecule has 1 rings (SSSR count). The van der Waals surface area contributed by atoms with Gasteiger partial charge in [-0.25, -0.2) is 4.79 Å². The maximum absolute atomic E-state index is 13.8. The number of rotatable bonds is 6. The SMILES string of the molecule is CCOC(=O)C(C)NC(=O)C(OC(C)=O)(c1ccccc1)C(F)(F)F. The lowest BCUT2D eigenvalue weighted by Gasteiger charge is -2.34. The van der Waals surface area contributed by atoms with Crippen LogP contribution in [0, 0.1) is 0 Å². The Hall–Kier alpha value is -2.58. The predicted octanol–water partition coefficient (Wildman–Crippen LogP) is 2.08. The summed E-state index contributed by atoms with van der Waals surface area (Å²) in [7, 11) is 0. The van der Waals surface area contributed by atoms with Gasteiger partial charge in [0.2, 0.25) is 0 Å². The van der Waals surface area contributed by atoms with Gasteiger partial charge in [-0.05, 0) is 13.8 Å². The highest BCUT2D eigenvalue weighted by Gasteiger charge is 2.65. The van der Waals surface area contributed by atoms with Gasteiger partial charge in [0.05, 0.1) is 6.61 Å². The van der Waals surface area contributed by atoms with E-state index >= 15 is 0 Å². The predicted molar refractivity (Wildman–Crippen MR) is 80.2 cm³/mol. The highest BCUT2D eigenvalue weighted by Crippen LogP contribution is 2.42. The van der Waals surface area contributed by atoms with Gasteiger partial charge in [-0.15, -0.1) is 0 Å². The van der Waals surface area contributed by atoms with Crippen molar-refractivity contribution < 1.29 is 37.0 Å². The Labute approximate surface area is 142 Å². The fourth-order valence-corrected chi connectivity index (χ4v) is 2.10. The molecule has 0 saturated carbocycles. The first kappa shape index (κ1) is 20.5. The lowest BCUT2D eigenvalue weighted by molar-refractivity contribution is -0.266. The number of carbonyl (C=O) groups excluding carboxylic acids is 3. The maximum Gasteiger partial charge on any atom is 0.442 e. The van der Waals surface area contributed by atoms with Crippen LogP contribution >= 0.6 is 0 Å². The molecule has 2 unspecified atom stereocenters. The van der Waals surface area contributed by atoms with E-state index in [4.69, 9.17) is 0 Å². The van der Waals surface area contributed by atoms with Crippen molar-refractivity contribution in [2.45, 2.75) is 38.6 Å². The standard InChI is InChI=1S/C16H18F3NO5/c1-4-24-13(22)10(2)20-14(23)15(16(17,18)19,25-11(3)21)12-8-6-5-7-9-12/h5-10H,4H2,1-3H3,(H,20,23).